The van der Waals surface area contributed by atoms with E-state index in [2.05, 4.69) is 0 Å². The first-order valence-corrected chi connectivity index (χ1v) is 9.53. The summed E-state index contributed by atoms with van der Waals surface area (Å²) < 4.78 is 45.2. The summed E-state index contributed by atoms with van der Waals surface area (Å²) in [6.07, 6.45) is 0.883. The number of nitrogens with zero attached hydrogens (tertiary/aromatic N) is 1. The summed E-state index contributed by atoms with van der Waals surface area (Å²) in [6.45, 7) is 2.56. The van der Waals surface area contributed by atoms with Crippen LogP contribution in [0.3, 0.4) is 0 Å². The van der Waals surface area contributed by atoms with Crippen molar-refractivity contribution >= 4 is 15.7 Å². The van der Waals surface area contributed by atoms with Crippen molar-refractivity contribution in [3.63, 3.8) is 0 Å². The Morgan fingerprint density at radius 3 is 2.62 bits per heavy atom. The highest BCUT2D eigenvalue weighted by Crippen LogP contribution is 2.31. The molecule has 0 saturated carbocycles. The van der Waals surface area contributed by atoms with Crippen LogP contribution >= 0.6 is 0 Å². The molecule has 2 aromatic rings. The van der Waals surface area contributed by atoms with Crippen LogP contribution in [0.15, 0.2) is 48.5 Å². The topological polar surface area (TPSA) is 46.6 Å². The van der Waals surface area contributed by atoms with Crippen LogP contribution in [0.5, 0.6) is 5.75 Å². The lowest BCUT2D eigenvalue weighted by Crippen LogP contribution is -2.41. The highest BCUT2D eigenvalue weighted by Gasteiger charge is 2.30. The maximum Gasteiger partial charge on any atom is 0.238 e. The minimum absolute atomic E-state index is 0.0288. The molecule has 0 radical (unpaired) electrons. The molecule has 0 N–H and O–H groups in total. The van der Waals surface area contributed by atoms with Gasteiger partial charge in [-0.05, 0) is 48.2 Å². The molecule has 128 valence electrons. The number of hydrogen-bond donors (Lipinski definition) is 0. The van der Waals surface area contributed by atoms with Gasteiger partial charge in [0.2, 0.25) is 10.0 Å². The molecule has 4 nitrogen and oxygen atoms in total. The van der Waals surface area contributed by atoms with Gasteiger partial charge in [-0.2, -0.15) is 0 Å². The number of para-hydroxylation sites is 1. The van der Waals surface area contributed by atoms with Crippen LogP contribution in [0.1, 0.15) is 12.5 Å². The Hall–Kier alpha value is -2.08. The lowest BCUT2D eigenvalue weighted by atomic mass is 9.96. The van der Waals surface area contributed by atoms with Crippen LogP contribution in [-0.2, 0) is 16.4 Å². The van der Waals surface area contributed by atoms with Crippen LogP contribution in [0.25, 0.3) is 0 Å². The van der Waals surface area contributed by atoms with Crippen LogP contribution in [0.4, 0.5) is 10.1 Å². The number of sulfonamides is 1. The molecule has 1 heterocycles. The molecule has 1 aliphatic rings. The summed E-state index contributed by atoms with van der Waals surface area (Å²) in [4.78, 5) is 0. The standard InChI is InChI=1S/C18H20FNO3S/c1-14-12-15-4-2-3-5-18(15)20(13-14)24(21,22)11-10-23-17-8-6-16(19)7-9-17/h2-9,14H,10-13H2,1H3. The van der Waals surface area contributed by atoms with Gasteiger partial charge >= 0.3 is 0 Å². The van der Waals surface area contributed by atoms with Gasteiger partial charge in [0, 0.05) is 6.54 Å². The van der Waals surface area contributed by atoms with Crippen molar-refractivity contribution in [1.29, 1.82) is 0 Å². The Morgan fingerprint density at radius 2 is 1.88 bits per heavy atom. The molecule has 0 amide bonds. The van der Waals surface area contributed by atoms with Gasteiger partial charge in [0.05, 0.1) is 5.69 Å². The maximum atomic E-state index is 12.9. The smallest absolute Gasteiger partial charge is 0.238 e. The quantitative estimate of drug-likeness (QED) is 0.833. The second-order valence-corrected chi connectivity index (χ2v) is 8.10. The average molecular weight is 349 g/mol. The lowest BCUT2D eigenvalue weighted by molar-refractivity contribution is 0.340. The van der Waals surface area contributed by atoms with E-state index < -0.39 is 10.0 Å². The fourth-order valence-electron chi connectivity index (χ4n) is 2.92. The first kappa shape index (κ1) is 16.8. The minimum Gasteiger partial charge on any atom is -0.492 e. The summed E-state index contributed by atoms with van der Waals surface area (Å²) >= 11 is 0. The monoisotopic (exact) mass is 349 g/mol. The van der Waals surface area contributed by atoms with Crippen molar-refractivity contribution in [2.45, 2.75) is 13.3 Å². The third-order valence-electron chi connectivity index (χ3n) is 4.07. The van der Waals surface area contributed by atoms with Crippen LogP contribution in [0, 0.1) is 11.7 Å². The molecule has 0 fully saturated rings. The SMILES string of the molecule is CC1Cc2ccccc2N(S(=O)(=O)CCOc2ccc(F)cc2)C1. The zero-order valence-corrected chi connectivity index (χ0v) is 14.3. The molecule has 1 unspecified atom stereocenters. The van der Waals surface area contributed by atoms with E-state index in [0.717, 1.165) is 17.7 Å². The molecule has 0 spiro atoms. The van der Waals surface area contributed by atoms with Crippen molar-refractivity contribution in [3.8, 4) is 5.75 Å². The molecule has 1 aliphatic heterocycles. The predicted molar refractivity (Wildman–Crippen MR) is 92.3 cm³/mol. The molecule has 0 bridgehead atoms. The van der Waals surface area contributed by atoms with E-state index in [9.17, 15) is 12.8 Å². The van der Waals surface area contributed by atoms with Gasteiger partial charge < -0.3 is 4.74 Å². The second-order valence-electron chi connectivity index (χ2n) is 6.09. The Balaban J connectivity index is 1.70. The van der Waals surface area contributed by atoms with E-state index in [1.165, 1.54) is 28.6 Å². The predicted octanol–water partition coefficient (Wildman–Crippen LogP) is 3.23. The van der Waals surface area contributed by atoms with Gasteiger partial charge in [-0.25, -0.2) is 12.8 Å². The number of hydrogen-bond acceptors (Lipinski definition) is 3. The summed E-state index contributed by atoms with van der Waals surface area (Å²) in [6, 6.07) is 13.1. The third kappa shape index (κ3) is 3.70. The van der Waals surface area contributed by atoms with Gasteiger partial charge in [0.15, 0.2) is 0 Å². The average Bonchev–Trinajstić information content (AvgIpc) is 2.55. The number of ether oxygens (including phenoxy) is 1. The number of rotatable bonds is 5. The molecule has 3 rings (SSSR count). The minimum atomic E-state index is -3.47. The molecule has 6 heteroatoms. The fraction of sp³-hybridized carbons (Fsp3) is 0.333. The molecule has 1 atom stereocenters. The van der Waals surface area contributed by atoms with Crippen molar-refractivity contribution in [2.75, 3.05) is 23.2 Å². The molecule has 0 aliphatic carbocycles. The van der Waals surface area contributed by atoms with Crippen molar-refractivity contribution in [1.82, 2.24) is 0 Å². The number of benzene rings is 2. The molecular formula is C18H20FNO3S. The largest absolute Gasteiger partial charge is 0.492 e. The molecule has 24 heavy (non-hydrogen) atoms. The summed E-state index contributed by atoms with van der Waals surface area (Å²) in [7, 11) is -3.47. The Bertz CT molecular complexity index is 805. The zero-order chi connectivity index (χ0) is 17.2. The molecule has 2 aromatic carbocycles. The number of anilines is 1. The summed E-state index contributed by atoms with van der Waals surface area (Å²) in [5, 5.41) is 0. The molecule has 0 saturated heterocycles. The van der Waals surface area contributed by atoms with E-state index in [1.54, 1.807) is 0 Å². The van der Waals surface area contributed by atoms with Crippen molar-refractivity contribution < 1.29 is 17.5 Å². The van der Waals surface area contributed by atoms with E-state index >= 15 is 0 Å². The van der Waals surface area contributed by atoms with Crippen LogP contribution in [0.2, 0.25) is 0 Å². The third-order valence-corrected chi connectivity index (χ3v) is 5.77. The number of fused-ring (bicyclic) bond motifs is 1. The number of halogens is 1. The Labute approximate surface area is 141 Å². The zero-order valence-electron chi connectivity index (χ0n) is 13.5. The summed E-state index contributed by atoms with van der Waals surface area (Å²) in [5.74, 6) is 0.256. The van der Waals surface area contributed by atoms with Gasteiger partial charge in [-0.3, -0.25) is 4.31 Å². The van der Waals surface area contributed by atoms with E-state index in [1.807, 2.05) is 31.2 Å². The van der Waals surface area contributed by atoms with Gasteiger partial charge in [0.25, 0.3) is 0 Å². The van der Waals surface area contributed by atoms with Crippen LogP contribution in [-0.4, -0.2) is 27.3 Å². The van der Waals surface area contributed by atoms with E-state index in [4.69, 9.17) is 4.74 Å². The van der Waals surface area contributed by atoms with Crippen molar-refractivity contribution in [2.24, 2.45) is 5.92 Å². The van der Waals surface area contributed by atoms with Gasteiger partial charge in [-0.15, -0.1) is 0 Å². The highest BCUT2D eigenvalue weighted by molar-refractivity contribution is 7.92. The fourth-order valence-corrected chi connectivity index (χ4v) is 4.39. The Kier molecular flexibility index (Phi) is 4.76. The first-order valence-electron chi connectivity index (χ1n) is 7.92. The Morgan fingerprint density at radius 1 is 1.17 bits per heavy atom. The van der Waals surface area contributed by atoms with Crippen LogP contribution < -0.4 is 9.04 Å². The maximum absolute atomic E-state index is 12.9. The first-order chi connectivity index (χ1) is 11.5. The lowest BCUT2D eigenvalue weighted by Gasteiger charge is -2.33. The summed E-state index contributed by atoms with van der Waals surface area (Å²) in [5.41, 5.74) is 1.82. The second kappa shape index (κ2) is 6.81. The normalized spacial score (nSPS) is 17.4. The van der Waals surface area contributed by atoms with Crippen molar-refractivity contribution in [3.05, 3.63) is 59.9 Å². The molecular weight excluding hydrogens is 329 g/mol. The highest BCUT2D eigenvalue weighted by atomic mass is 32.2. The van der Waals surface area contributed by atoms with E-state index in [0.29, 0.717) is 12.3 Å². The van der Waals surface area contributed by atoms with Gasteiger partial charge in [0.1, 0.15) is 23.9 Å². The van der Waals surface area contributed by atoms with E-state index in [-0.39, 0.29) is 24.1 Å². The molecule has 0 aromatic heterocycles. The van der Waals surface area contributed by atoms with Gasteiger partial charge in [-0.1, -0.05) is 25.1 Å².